The van der Waals surface area contributed by atoms with E-state index in [9.17, 15) is 4.79 Å². The van der Waals surface area contributed by atoms with Crippen LogP contribution in [0.4, 0.5) is 0 Å². The smallest absolute Gasteiger partial charge is 0.319 e. The molecule has 0 fully saturated rings. The second kappa shape index (κ2) is 8.53. The normalized spacial score (nSPS) is 11.9. The van der Waals surface area contributed by atoms with Crippen LogP contribution in [0.15, 0.2) is 24.3 Å². The molecule has 0 radical (unpaired) electrons. The molecule has 0 saturated heterocycles. The van der Waals surface area contributed by atoms with E-state index < -0.39 is 0 Å². The fourth-order valence-corrected chi connectivity index (χ4v) is 1.75. The van der Waals surface area contributed by atoms with Crippen molar-refractivity contribution < 1.29 is 14.3 Å². The SMILES string of the molecule is CCCCOC(=O)CN[C@@H](C)c1ccccc1OC. The molecule has 0 aliphatic carbocycles. The quantitative estimate of drug-likeness (QED) is 0.580. The molecule has 0 aromatic heterocycles. The standard InChI is InChI=1S/C15H23NO3/c1-4-5-10-19-15(17)11-16-12(2)13-8-6-7-9-14(13)18-3/h6-9,12,16H,4-5,10-11H2,1-3H3/t12-/m0/s1. The molecule has 106 valence electrons. The van der Waals surface area contributed by atoms with Crippen LogP contribution in [0.1, 0.15) is 38.3 Å². The number of rotatable bonds is 8. The van der Waals surface area contributed by atoms with Gasteiger partial charge in [-0.05, 0) is 19.4 Å². The Morgan fingerprint density at radius 2 is 2.11 bits per heavy atom. The van der Waals surface area contributed by atoms with Crippen LogP contribution in [0.2, 0.25) is 0 Å². The van der Waals surface area contributed by atoms with Gasteiger partial charge in [0.2, 0.25) is 0 Å². The highest BCUT2D eigenvalue weighted by molar-refractivity contribution is 5.71. The summed E-state index contributed by atoms with van der Waals surface area (Å²) in [6, 6.07) is 7.81. The Balaban J connectivity index is 2.42. The minimum atomic E-state index is -0.213. The van der Waals surface area contributed by atoms with E-state index in [4.69, 9.17) is 9.47 Å². The molecule has 0 amide bonds. The molecule has 1 aromatic rings. The number of methoxy groups -OCH3 is 1. The number of hydrogen-bond donors (Lipinski definition) is 1. The first-order valence-corrected chi connectivity index (χ1v) is 6.71. The van der Waals surface area contributed by atoms with Crippen LogP contribution in [0.3, 0.4) is 0 Å². The van der Waals surface area contributed by atoms with Gasteiger partial charge in [0.1, 0.15) is 5.75 Å². The number of esters is 1. The summed E-state index contributed by atoms with van der Waals surface area (Å²) < 4.78 is 10.4. The molecule has 0 aliphatic rings. The van der Waals surface area contributed by atoms with E-state index in [1.807, 2.05) is 31.2 Å². The highest BCUT2D eigenvalue weighted by atomic mass is 16.5. The van der Waals surface area contributed by atoms with Crippen LogP contribution in [-0.2, 0) is 9.53 Å². The van der Waals surface area contributed by atoms with Crippen LogP contribution in [0, 0.1) is 0 Å². The second-order valence-electron chi connectivity index (χ2n) is 4.42. The molecular weight excluding hydrogens is 242 g/mol. The Bertz CT molecular complexity index is 393. The van der Waals surface area contributed by atoms with E-state index in [-0.39, 0.29) is 18.6 Å². The van der Waals surface area contributed by atoms with Gasteiger partial charge in [-0.2, -0.15) is 0 Å². The van der Waals surface area contributed by atoms with Gasteiger partial charge in [0.05, 0.1) is 20.3 Å². The third kappa shape index (κ3) is 5.30. The van der Waals surface area contributed by atoms with Gasteiger partial charge in [-0.15, -0.1) is 0 Å². The third-order valence-electron chi connectivity index (χ3n) is 2.92. The number of nitrogens with one attached hydrogen (secondary N) is 1. The van der Waals surface area contributed by atoms with Crippen molar-refractivity contribution >= 4 is 5.97 Å². The zero-order valence-corrected chi connectivity index (χ0v) is 11.9. The molecule has 19 heavy (non-hydrogen) atoms. The van der Waals surface area contributed by atoms with Crippen LogP contribution >= 0.6 is 0 Å². The van der Waals surface area contributed by atoms with Gasteiger partial charge in [0.25, 0.3) is 0 Å². The molecule has 0 bridgehead atoms. The number of para-hydroxylation sites is 1. The van der Waals surface area contributed by atoms with Gasteiger partial charge in [-0.25, -0.2) is 0 Å². The molecule has 4 heteroatoms. The number of carbonyl (C=O) groups is 1. The van der Waals surface area contributed by atoms with Gasteiger partial charge >= 0.3 is 5.97 Å². The predicted octanol–water partition coefficient (Wildman–Crippen LogP) is 2.69. The molecule has 0 spiro atoms. The molecule has 0 unspecified atom stereocenters. The Hall–Kier alpha value is -1.55. The molecular formula is C15H23NO3. The molecule has 0 heterocycles. The maximum Gasteiger partial charge on any atom is 0.319 e. The van der Waals surface area contributed by atoms with Gasteiger partial charge < -0.3 is 14.8 Å². The lowest BCUT2D eigenvalue weighted by molar-refractivity contribution is -0.142. The maximum absolute atomic E-state index is 11.5. The van der Waals surface area contributed by atoms with Crippen molar-refractivity contribution in [2.75, 3.05) is 20.3 Å². The lowest BCUT2D eigenvalue weighted by Crippen LogP contribution is -2.27. The maximum atomic E-state index is 11.5. The minimum absolute atomic E-state index is 0.0369. The van der Waals surface area contributed by atoms with E-state index in [2.05, 4.69) is 12.2 Å². The van der Waals surface area contributed by atoms with Gasteiger partial charge in [-0.3, -0.25) is 4.79 Å². The summed E-state index contributed by atoms with van der Waals surface area (Å²) in [7, 11) is 1.64. The van der Waals surface area contributed by atoms with Crippen molar-refractivity contribution in [3.63, 3.8) is 0 Å². The number of carbonyl (C=O) groups excluding carboxylic acids is 1. The van der Waals surface area contributed by atoms with Crippen molar-refractivity contribution in [2.45, 2.75) is 32.7 Å². The minimum Gasteiger partial charge on any atom is -0.496 e. The van der Waals surface area contributed by atoms with Crippen LogP contribution < -0.4 is 10.1 Å². The van der Waals surface area contributed by atoms with Crippen molar-refractivity contribution in [1.29, 1.82) is 0 Å². The number of benzene rings is 1. The highest BCUT2D eigenvalue weighted by Crippen LogP contribution is 2.23. The van der Waals surface area contributed by atoms with Crippen LogP contribution in [0.5, 0.6) is 5.75 Å². The van der Waals surface area contributed by atoms with Gasteiger partial charge in [0.15, 0.2) is 0 Å². The Morgan fingerprint density at radius 1 is 1.37 bits per heavy atom. The summed E-state index contributed by atoms with van der Waals surface area (Å²) >= 11 is 0. The third-order valence-corrected chi connectivity index (χ3v) is 2.92. The first-order chi connectivity index (χ1) is 9.19. The average molecular weight is 265 g/mol. The summed E-state index contributed by atoms with van der Waals surface area (Å²) in [5.41, 5.74) is 1.03. The number of unbranched alkanes of at least 4 members (excludes halogenated alkanes) is 1. The Morgan fingerprint density at radius 3 is 2.79 bits per heavy atom. The van der Waals surface area contributed by atoms with Gasteiger partial charge in [-0.1, -0.05) is 31.5 Å². The first-order valence-electron chi connectivity index (χ1n) is 6.71. The lowest BCUT2D eigenvalue weighted by atomic mass is 10.1. The Kier molecular flexibility index (Phi) is 6.97. The predicted molar refractivity (Wildman–Crippen MR) is 75.3 cm³/mol. The second-order valence-corrected chi connectivity index (χ2v) is 4.42. The summed E-state index contributed by atoms with van der Waals surface area (Å²) in [5.74, 6) is 0.608. The summed E-state index contributed by atoms with van der Waals surface area (Å²) in [4.78, 5) is 11.5. The van der Waals surface area contributed by atoms with E-state index in [0.717, 1.165) is 24.2 Å². The average Bonchev–Trinajstić information content (AvgIpc) is 2.45. The fraction of sp³-hybridized carbons (Fsp3) is 0.533. The monoisotopic (exact) mass is 265 g/mol. The topological polar surface area (TPSA) is 47.6 Å². The molecule has 1 N–H and O–H groups in total. The molecule has 1 atom stereocenters. The van der Waals surface area contributed by atoms with Crippen LogP contribution in [0.25, 0.3) is 0 Å². The van der Waals surface area contributed by atoms with E-state index in [1.54, 1.807) is 7.11 Å². The summed E-state index contributed by atoms with van der Waals surface area (Å²) in [6.07, 6.45) is 1.94. The molecule has 1 rings (SSSR count). The fourth-order valence-electron chi connectivity index (χ4n) is 1.75. The zero-order valence-electron chi connectivity index (χ0n) is 11.9. The number of ether oxygens (including phenoxy) is 2. The number of hydrogen-bond acceptors (Lipinski definition) is 4. The van der Waals surface area contributed by atoms with Crippen molar-refractivity contribution in [3.05, 3.63) is 29.8 Å². The van der Waals surface area contributed by atoms with Crippen molar-refractivity contribution in [2.24, 2.45) is 0 Å². The molecule has 1 aromatic carbocycles. The summed E-state index contributed by atoms with van der Waals surface area (Å²) in [6.45, 7) is 4.77. The largest absolute Gasteiger partial charge is 0.496 e. The molecule has 0 saturated carbocycles. The first kappa shape index (κ1) is 15.5. The Labute approximate surface area is 115 Å². The van der Waals surface area contributed by atoms with Crippen molar-refractivity contribution in [3.8, 4) is 5.75 Å². The van der Waals surface area contributed by atoms with E-state index in [0.29, 0.717) is 6.61 Å². The lowest BCUT2D eigenvalue weighted by Gasteiger charge is -2.16. The van der Waals surface area contributed by atoms with Crippen molar-refractivity contribution in [1.82, 2.24) is 5.32 Å². The highest BCUT2D eigenvalue weighted by Gasteiger charge is 2.12. The van der Waals surface area contributed by atoms with E-state index >= 15 is 0 Å². The molecule has 4 nitrogen and oxygen atoms in total. The van der Waals surface area contributed by atoms with Gasteiger partial charge in [0, 0.05) is 11.6 Å². The van der Waals surface area contributed by atoms with E-state index in [1.165, 1.54) is 0 Å². The van der Waals surface area contributed by atoms with Crippen LogP contribution in [-0.4, -0.2) is 26.2 Å². The summed E-state index contributed by atoms with van der Waals surface area (Å²) in [5, 5.41) is 3.15. The molecule has 0 aliphatic heterocycles. The zero-order chi connectivity index (χ0) is 14.1.